The van der Waals surface area contributed by atoms with Crippen molar-refractivity contribution in [1.29, 1.82) is 0 Å². The maximum atomic E-state index is 4.71. The van der Waals surface area contributed by atoms with Crippen LogP contribution >= 0.6 is 0 Å². The molecule has 0 unspecified atom stereocenters. The third-order valence-corrected chi connectivity index (χ3v) is 3.34. The third kappa shape index (κ3) is 3.52. The molecule has 0 aromatic carbocycles. The summed E-state index contributed by atoms with van der Waals surface area (Å²) in [4.78, 5) is 6.90. The SMILES string of the molecule is CCNC(=NCC1CC1)N(C)Cc1cccn1C. The van der Waals surface area contributed by atoms with Crippen molar-refractivity contribution in [2.75, 3.05) is 20.1 Å². The van der Waals surface area contributed by atoms with Gasteiger partial charge in [-0.2, -0.15) is 0 Å². The Kier molecular flexibility index (Phi) is 4.28. The second-order valence-corrected chi connectivity index (χ2v) is 5.10. The molecule has 18 heavy (non-hydrogen) atoms. The fourth-order valence-electron chi connectivity index (χ4n) is 1.96. The Bertz CT molecular complexity index is 404. The first-order chi connectivity index (χ1) is 8.70. The molecule has 100 valence electrons. The van der Waals surface area contributed by atoms with Crippen LogP contribution in [-0.2, 0) is 13.6 Å². The molecule has 0 saturated heterocycles. The Morgan fingerprint density at radius 3 is 2.89 bits per heavy atom. The number of aromatic nitrogens is 1. The van der Waals surface area contributed by atoms with Gasteiger partial charge in [0, 0.05) is 39.1 Å². The zero-order valence-corrected chi connectivity index (χ0v) is 11.7. The molecule has 1 saturated carbocycles. The molecule has 1 N–H and O–H groups in total. The summed E-state index contributed by atoms with van der Waals surface area (Å²) in [5.74, 6) is 1.85. The molecule has 0 radical (unpaired) electrons. The van der Waals surface area contributed by atoms with E-state index in [-0.39, 0.29) is 0 Å². The van der Waals surface area contributed by atoms with Gasteiger partial charge in [-0.15, -0.1) is 0 Å². The first-order valence-corrected chi connectivity index (χ1v) is 6.80. The van der Waals surface area contributed by atoms with Crippen LogP contribution in [0.4, 0.5) is 0 Å². The van der Waals surface area contributed by atoms with E-state index in [1.165, 1.54) is 18.5 Å². The van der Waals surface area contributed by atoms with E-state index < -0.39 is 0 Å². The predicted octanol–water partition coefficient (Wildman–Crippen LogP) is 1.83. The van der Waals surface area contributed by atoms with E-state index in [9.17, 15) is 0 Å². The van der Waals surface area contributed by atoms with Crippen LogP contribution in [0.2, 0.25) is 0 Å². The molecule has 0 bridgehead atoms. The number of guanidine groups is 1. The quantitative estimate of drug-likeness (QED) is 0.637. The molecule has 0 spiro atoms. The minimum absolute atomic E-state index is 0.835. The first kappa shape index (κ1) is 13.0. The lowest BCUT2D eigenvalue weighted by Gasteiger charge is -2.22. The molecule has 1 aliphatic rings. The lowest BCUT2D eigenvalue weighted by Crippen LogP contribution is -2.39. The molecule has 0 atom stereocenters. The average Bonchev–Trinajstić information content (AvgIpc) is 3.09. The summed E-state index contributed by atoms with van der Waals surface area (Å²) < 4.78 is 2.15. The molecule has 1 fully saturated rings. The van der Waals surface area contributed by atoms with Crippen LogP contribution in [0.3, 0.4) is 0 Å². The molecule has 1 aliphatic carbocycles. The molecule has 2 rings (SSSR count). The van der Waals surface area contributed by atoms with E-state index in [0.717, 1.165) is 31.5 Å². The van der Waals surface area contributed by atoms with Gasteiger partial charge in [-0.3, -0.25) is 4.99 Å². The fourth-order valence-corrected chi connectivity index (χ4v) is 1.96. The molecular formula is C14H24N4. The van der Waals surface area contributed by atoms with Gasteiger partial charge in [-0.25, -0.2) is 0 Å². The van der Waals surface area contributed by atoms with Gasteiger partial charge >= 0.3 is 0 Å². The Morgan fingerprint density at radius 1 is 1.56 bits per heavy atom. The van der Waals surface area contributed by atoms with Gasteiger partial charge in [0.2, 0.25) is 0 Å². The van der Waals surface area contributed by atoms with E-state index in [1.54, 1.807) is 0 Å². The molecule has 4 heteroatoms. The van der Waals surface area contributed by atoms with Gasteiger partial charge in [0.05, 0.1) is 6.54 Å². The van der Waals surface area contributed by atoms with Crippen molar-refractivity contribution in [1.82, 2.24) is 14.8 Å². The number of hydrogen-bond donors (Lipinski definition) is 1. The molecule has 0 aliphatic heterocycles. The maximum Gasteiger partial charge on any atom is 0.194 e. The van der Waals surface area contributed by atoms with Crippen LogP contribution in [0.1, 0.15) is 25.5 Å². The highest BCUT2D eigenvalue weighted by molar-refractivity contribution is 5.79. The highest BCUT2D eigenvalue weighted by Crippen LogP contribution is 2.28. The van der Waals surface area contributed by atoms with E-state index in [4.69, 9.17) is 4.99 Å². The van der Waals surface area contributed by atoms with Crippen LogP contribution in [0.15, 0.2) is 23.3 Å². The van der Waals surface area contributed by atoms with Gasteiger partial charge in [0.15, 0.2) is 5.96 Å². The zero-order valence-electron chi connectivity index (χ0n) is 11.7. The van der Waals surface area contributed by atoms with Crippen LogP contribution in [0, 0.1) is 5.92 Å². The number of nitrogens with one attached hydrogen (secondary N) is 1. The highest BCUT2D eigenvalue weighted by atomic mass is 15.3. The maximum absolute atomic E-state index is 4.71. The van der Waals surface area contributed by atoms with Gasteiger partial charge in [0.25, 0.3) is 0 Å². The lowest BCUT2D eigenvalue weighted by molar-refractivity contribution is 0.461. The van der Waals surface area contributed by atoms with Crippen LogP contribution in [0.5, 0.6) is 0 Å². The van der Waals surface area contributed by atoms with E-state index >= 15 is 0 Å². The third-order valence-electron chi connectivity index (χ3n) is 3.34. The summed E-state index contributed by atoms with van der Waals surface area (Å²) in [6, 6.07) is 4.23. The molecule has 1 heterocycles. The summed E-state index contributed by atoms with van der Waals surface area (Å²) >= 11 is 0. The van der Waals surface area contributed by atoms with Gasteiger partial charge in [-0.1, -0.05) is 0 Å². The summed E-state index contributed by atoms with van der Waals surface area (Å²) in [7, 11) is 4.18. The minimum Gasteiger partial charge on any atom is -0.357 e. The standard InChI is InChI=1S/C14H24N4/c1-4-15-14(16-10-12-7-8-12)18(3)11-13-6-5-9-17(13)2/h5-6,9,12H,4,7-8,10-11H2,1-3H3,(H,15,16). The van der Waals surface area contributed by atoms with Gasteiger partial charge in [0.1, 0.15) is 0 Å². The number of nitrogens with zero attached hydrogens (tertiary/aromatic N) is 3. The fraction of sp³-hybridized carbons (Fsp3) is 0.643. The number of aryl methyl sites for hydroxylation is 1. The van der Waals surface area contributed by atoms with Crippen molar-refractivity contribution in [3.8, 4) is 0 Å². The Hall–Kier alpha value is -1.45. The first-order valence-electron chi connectivity index (χ1n) is 6.80. The molecule has 0 amide bonds. The Balaban J connectivity index is 1.95. The lowest BCUT2D eigenvalue weighted by atomic mass is 10.4. The molecule has 1 aromatic rings. The van der Waals surface area contributed by atoms with Gasteiger partial charge < -0.3 is 14.8 Å². The molecule has 1 aromatic heterocycles. The largest absolute Gasteiger partial charge is 0.357 e. The van der Waals surface area contributed by atoms with Crippen LogP contribution < -0.4 is 5.32 Å². The zero-order chi connectivity index (χ0) is 13.0. The van der Waals surface area contributed by atoms with Crippen molar-refractivity contribution >= 4 is 5.96 Å². The smallest absolute Gasteiger partial charge is 0.194 e. The topological polar surface area (TPSA) is 32.6 Å². The normalized spacial score (nSPS) is 15.8. The summed E-state index contributed by atoms with van der Waals surface area (Å²) in [6.07, 6.45) is 4.78. The summed E-state index contributed by atoms with van der Waals surface area (Å²) in [6.45, 7) is 4.89. The van der Waals surface area contributed by atoms with Crippen molar-refractivity contribution in [2.45, 2.75) is 26.3 Å². The number of aliphatic imine (C=N–C) groups is 1. The van der Waals surface area contributed by atoms with E-state index in [2.05, 4.69) is 54.1 Å². The van der Waals surface area contributed by atoms with Crippen molar-refractivity contribution in [3.05, 3.63) is 24.0 Å². The number of rotatable bonds is 5. The monoisotopic (exact) mass is 248 g/mol. The summed E-state index contributed by atoms with van der Waals surface area (Å²) in [5.41, 5.74) is 1.30. The van der Waals surface area contributed by atoms with Gasteiger partial charge in [-0.05, 0) is 37.8 Å². The second-order valence-electron chi connectivity index (χ2n) is 5.10. The highest BCUT2D eigenvalue weighted by Gasteiger charge is 2.21. The van der Waals surface area contributed by atoms with Crippen LogP contribution in [0.25, 0.3) is 0 Å². The predicted molar refractivity (Wildman–Crippen MR) is 75.6 cm³/mol. The van der Waals surface area contributed by atoms with Crippen molar-refractivity contribution in [2.24, 2.45) is 18.0 Å². The number of hydrogen-bond acceptors (Lipinski definition) is 1. The van der Waals surface area contributed by atoms with E-state index in [0.29, 0.717) is 0 Å². The second kappa shape index (κ2) is 5.94. The molecule has 4 nitrogen and oxygen atoms in total. The minimum atomic E-state index is 0.835. The Morgan fingerprint density at radius 2 is 2.33 bits per heavy atom. The average molecular weight is 248 g/mol. The van der Waals surface area contributed by atoms with Crippen molar-refractivity contribution in [3.63, 3.8) is 0 Å². The van der Waals surface area contributed by atoms with E-state index in [1.807, 2.05) is 0 Å². The molecular weight excluding hydrogens is 224 g/mol. The Labute approximate surface area is 110 Å². The summed E-state index contributed by atoms with van der Waals surface area (Å²) in [5, 5.41) is 3.36. The van der Waals surface area contributed by atoms with Crippen LogP contribution in [-0.4, -0.2) is 35.6 Å². The van der Waals surface area contributed by atoms with Crippen molar-refractivity contribution < 1.29 is 0 Å².